The molecule has 1 aliphatic rings. The van der Waals surface area contributed by atoms with E-state index in [4.69, 9.17) is 4.98 Å². The highest BCUT2D eigenvalue weighted by Gasteiger charge is 2.36. The molecule has 0 radical (unpaired) electrons. The average molecular weight is 458 g/mol. The number of aryl methyl sites for hydroxylation is 2. The predicted molar refractivity (Wildman–Crippen MR) is 118 cm³/mol. The van der Waals surface area contributed by atoms with Crippen molar-refractivity contribution in [3.63, 3.8) is 0 Å². The van der Waals surface area contributed by atoms with Crippen molar-refractivity contribution in [3.05, 3.63) is 65.1 Å². The van der Waals surface area contributed by atoms with Crippen molar-refractivity contribution in [2.24, 2.45) is 0 Å². The molecule has 33 heavy (non-hydrogen) atoms. The fraction of sp³-hybridized carbons (Fsp3) is 0.391. The van der Waals surface area contributed by atoms with Crippen LogP contribution in [0.5, 0.6) is 0 Å². The van der Waals surface area contributed by atoms with Crippen LogP contribution in [0.2, 0.25) is 0 Å². The summed E-state index contributed by atoms with van der Waals surface area (Å²) >= 11 is 0. The maximum absolute atomic E-state index is 13.4. The first-order chi connectivity index (χ1) is 15.8. The summed E-state index contributed by atoms with van der Waals surface area (Å²) in [5.41, 5.74) is 1.88. The third-order valence-electron chi connectivity index (χ3n) is 5.86. The highest BCUT2D eigenvalue weighted by Crippen LogP contribution is 2.33. The van der Waals surface area contributed by atoms with E-state index in [-0.39, 0.29) is 24.1 Å². The fourth-order valence-corrected chi connectivity index (χ4v) is 4.12. The molecule has 2 aromatic heterocycles. The second kappa shape index (κ2) is 9.21. The maximum atomic E-state index is 13.4. The minimum Gasteiger partial charge on any atom is -0.343 e. The molecule has 10 heteroatoms. The Bertz CT molecular complexity index is 1160. The molecule has 4 rings (SSSR count). The molecule has 0 fully saturated rings. The van der Waals surface area contributed by atoms with Gasteiger partial charge in [0.25, 0.3) is 0 Å². The Morgan fingerprint density at radius 1 is 1.03 bits per heavy atom. The summed E-state index contributed by atoms with van der Waals surface area (Å²) < 4.78 is 41.6. The molecule has 0 bridgehead atoms. The predicted octanol–water partition coefficient (Wildman–Crippen LogP) is 3.51. The van der Waals surface area contributed by atoms with E-state index in [1.54, 1.807) is 35.2 Å². The molecule has 0 N–H and O–H groups in total. The van der Waals surface area contributed by atoms with Crippen LogP contribution in [0.1, 0.15) is 37.2 Å². The summed E-state index contributed by atoms with van der Waals surface area (Å²) in [7, 11) is 1.74. The van der Waals surface area contributed by atoms with Gasteiger partial charge < -0.3 is 9.80 Å². The minimum absolute atomic E-state index is 0.0385. The van der Waals surface area contributed by atoms with Crippen LogP contribution in [0.4, 0.5) is 24.7 Å². The van der Waals surface area contributed by atoms with E-state index < -0.39 is 17.5 Å². The number of hydrogen-bond donors (Lipinski definition) is 0. The van der Waals surface area contributed by atoms with Gasteiger partial charge in [0.15, 0.2) is 23.3 Å². The van der Waals surface area contributed by atoms with Gasteiger partial charge in [0.05, 0.1) is 18.9 Å². The number of benzene rings is 1. The first-order valence-electron chi connectivity index (χ1n) is 10.9. The third-order valence-corrected chi connectivity index (χ3v) is 5.86. The Morgan fingerprint density at radius 3 is 2.42 bits per heavy atom. The van der Waals surface area contributed by atoms with Crippen LogP contribution < -0.4 is 9.80 Å². The minimum atomic E-state index is -1.48. The molecule has 0 unspecified atom stereocenters. The van der Waals surface area contributed by atoms with Crippen LogP contribution >= 0.6 is 0 Å². The summed E-state index contributed by atoms with van der Waals surface area (Å²) in [5.74, 6) is -2.47. The van der Waals surface area contributed by atoms with Crippen LogP contribution in [-0.2, 0) is 24.2 Å². The Hall–Kier alpha value is -3.43. The van der Waals surface area contributed by atoms with Crippen molar-refractivity contribution in [1.29, 1.82) is 0 Å². The quantitative estimate of drug-likeness (QED) is 0.507. The number of hydrogen-bond acceptors (Lipinski definition) is 5. The Morgan fingerprint density at radius 2 is 1.76 bits per heavy atom. The molecule has 7 nitrogen and oxygen atoms in total. The number of rotatable bonds is 7. The first kappa shape index (κ1) is 22.8. The zero-order valence-electron chi connectivity index (χ0n) is 18.7. The van der Waals surface area contributed by atoms with E-state index in [1.165, 1.54) is 0 Å². The normalized spacial score (nSPS) is 15.8. The standard InChI is InChI=1S/C23H25F3N6O/c1-4-18-23(33)30(3)19-11-27-20(29-22(19)32(18)5-2)7-6-14-10-28-31(12-14)13-15-8-16(24)21(26)17(25)9-15/h8-12,18H,4-7,13H2,1-3H3/t18-/m1/s1. The lowest BCUT2D eigenvalue weighted by atomic mass is 10.1. The number of anilines is 2. The number of nitrogens with zero attached hydrogens (tertiary/aromatic N) is 6. The van der Waals surface area contributed by atoms with Gasteiger partial charge in [0, 0.05) is 26.2 Å². The van der Waals surface area contributed by atoms with Crippen LogP contribution in [0.3, 0.4) is 0 Å². The van der Waals surface area contributed by atoms with Gasteiger partial charge >= 0.3 is 0 Å². The van der Waals surface area contributed by atoms with Crippen molar-refractivity contribution < 1.29 is 18.0 Å². The van der Waals surface area contributed by atoms with Gasteiger partial charge in [-0.2, -0.15) is 5.10 Å². The highest BCUT2D eigenvalue weighted by atomic mass is 19.2. The fourth-order valence-electron chi connectivity index (χ4n) is 4.12. The monoisotopic (exact) mass is 458 g/mol. The lowest BCUT2D eigenvalue weighted by Crippen LogP contribution is -2.52. The number of likely N-dealkylation sites (N-methyl/N-ethyl adjacent to an activating group) is 2. The molecule has 0 aliphatic carbocycles. The van der Waals surface area contributed by atoms with Crippen LogP contribution in [0.25, 0.3) is 0 Å². The molecule has 3 aromatic rings. The summed E-state index contributed by atoms with van der Waals surface area (Å²) in [6.45, 7) is 4.77. The molecule has 0 saturated carbocycles. The second-order valence-electron chi connectivity index (χ2n) is 8.02. The third kappa shape index (κ3) is 4.42. The Kier molecular flexibility index (Phi) is 6.35. The molecule has 174 valence electrons. The number of halogens is 3. The average Bonchev–Trinajstić information content (AvgIpc) is 3.25. The van der Waals surface area contributed by atoms with E-state index >= 15 is 0 Å². The van der Waals surface area contributed by atoms with Crippen molar-refractivity contribution in [2.45, 2.75) is 45.7 Å². The lowest BCUT2D eigenvalue weighted by Gasteiger charge is -2.39. The number of carbonyl (C=O) groups excluding carboxylic acids is 1. The number of aromatic nitrogens is 4. The van der Waals surface area contributed by atoms with E-state index in [2.05, 4.69) is 10.1 Å². The Labute approximate surface area is 189 Å². The van der Waals surface area contributed by atoms with Gasteiger partial charge in [-0.25, -0.2) is 23.1 Å². The van der Waals surface area contributed by atoms with Crippen LogP contribution in [-0.4, -0.2) is 45.3 Å². The number of carbonyl (C=O) groups is 1. The first-order valence-corrected chi connectivity index (χ1v) is 10.9. The lowest BCUT2D eigenvalue weighted by molar-refractivity contribution is -0.120. The van der Waals surface area contributed by atoms with E-state index in [0.29, 0.717) is 37.3 Å². The maximum Gasteiger partial charge on any atom is 0.249 e. The number of amides is 1. The SMILES string of the molecule is CC[C@@H]1C(=O)N(C)c2cnc(CCc3cnn(Cc4cc(F)c(F)c(F)c4)c3)nc2N1CC. The van der Waals surface area contributed by atoms with Gasteiger partial charge in [0.1, 0.15) is 17.6 Å². The highest BCUT2D eigenvalue weighted by molar-refractivity contribution is 6.04. The van der Waals surface area contributed by atoms with Crippen LogP contribution in [0, 0.1) is 17.5 Å². The molecular formula is C23H25F3N6O. The van der Waals surface area contributed by atoms with Crippen molar-refractivity contribution in [1.82, 2.24) is 19.7 Å². The number of fused-ring (bicyclic) bond motifs is 1. The van der Waals surface area contributed by atoms with Gasteiger partial charge in [-0.15, -0.1) is 0 Å². The zero-order chi connectivity index (χ0) is 23.7. The van der Waals surface area contributed by atoms with Gasteiger partial charge in [-0.1, -0.05) is 6.92 Å². The van der Waals surface area contributed by atoms with E-state index in [0.717, 1.165) is 23.5 Å². The van der Waals surface area contributed by atoms with Gasteiger partial charge in [-0.05, 0) is 43.0 Å². The van der Waals surface area contributed by atoms with E-state index in [1.807, 2.05) is 18.7 Å². The molecular weight excluding hydrogens is 433 g/mol. The van der Waals surface area contributed by atoms with Crippen molar-refractivity contribution >= 4 is 17.4 Å². The largest absolute Gasteiger partial charge is 0.343 e. The summed E-state index contributed by atoms with van der Waals surface area (Å²) in [6.07, 6.45) is 7.00. The van der Waals surface area contributed by atoms with Crippen molar-refractivity contribution in [3.8, 4) is 0 Å². The smallest absolute Gasteiger partial charge is 0.249 e. The second-order valence-corrected chi connectivity index (χ2v) is 8.02. The van der Waals surface area contributed by atoms with Gasteiger partial charge in [-0.3, -0.25) is 9.48 Å². The molecule has 0 saturated heterocycles. The molecule has 1 aliphatic heterocycles. The Balaban J connectivity index is 1.46. The molecule has 1 atom stereocenters. The topological polar surface area (TPSA) is 67.2 Å². The van der Waals surface area contributed by atoms with E-state index in [9.17, 15) is 18.0 Å². The summed E-state index contributed by atoms with van der Waals surface area (Å²) in [6, 6.07) is 1.69. The summed E-state index contributed by atoms with van der Waals surface area (Å²) in [4.78, 5) is 25.4. The molecule has 1 amide bonds. The zero-order valence-corrected chi connectivity index (χ0v) is 18.7. The molecule has 1 aromatic carbocycles. The summed E-state index contributed by atoms with van der Waals surface area (Å²) in [5, 5.41) is 4.23. The van der Waals surface area contributed by atoms with Crippen LogP contribution in [0.15, 0.2) is 30.7 Å². The molecule has 0 spiro atoms. The van der Waals surface area contributed by atoms with Gasteiger partial charge in [0.2, 0.25) is 5.91 Å². The van der Waals surface area contributed by atoms with Crippen molar-refractivity contribution in [2.75, 3.05) is 23.4 Å². The molecule has 3 heterocycles.